The van der Waals surface area contributed by atoms with Gasteiger partial charge in [-0.05, 0) is 56.3 Å². The molecule has 0 aromatic heterocycles. The summed E-state index contributed by atoms with van der Waals surface area (Å²) in [7, 11) is 2.17. The maximum Gasteiger partial charge on any atom is 0.119 e. The molecule has 0 saturated carbocycles. The lowest BCUT2D eigenvalue weighted by molar-refractivity contribution is 0.114. The van der Waals surface area contributed by atoms with Crippen molar-refractivity contribution >= 4 is 24.2 Å². The predicted molar refractivity (Wildman–Crippen MR) is 95.4 cm³/mol. The minimum absolute atomic E-state index is 0. The molecule has 1 aliphatic heterocycles. The van der Waals surface area contributed by atoms with Crippen LogP contribution in [0.3, 0.4) is 0 Å². The zero-order valence-corrected chi connectivity index (χ0v) is 14.4. The number of likely N-dealkylation sites (tertiary alicyclic amines) is 1. The van der Waals surface area contributed by atoms with E-state index in [2.05, 4.69) is 60.5 Å². The molecule has 0 aliphatic carbocycles. The van der Waals surface area contributed by atoms with Crippen molar-refractivity contribution in [3.05, 3.63) is 54.6 Å². The molecule has 22 heavy (non-hydrogen) atoms. The molecule has 0 spiro atoms. The summed E-state index contributed by atoms with van der Waals surface area (Å²) >= 11 is 1.78. The Hall–Kier alpha value is -1.16. The molecule has 1 saturated heterocycles. The van der Waals surface area contributed by atoms with E-state index in [4.69, 9.17) is 4.74 Å². The van der Waals surface area contributed by atoms with Crippen LogP contribution in [-0.2, 0) is 0 Å². The van der Waals surface area contributed by atoms with Crippen LogP contribution < -0.4 is 4.74 Å². The first kappa shape index (κ1) is 17.2. The topological polar surface area (TPSA) is 12.5 Å². The van der Waals surface area contributed by atoms with Crippen molar-refractivity contribution in [2.24, 2.45) is 0 Å². The van der Waals surface area contributed by atoms with Crippen LogP contribution in [0, 0.1) is 0 Å². The van der Waals surface area contributed by atoms with E-state index >= 15 is 0 Å². The molecule has 0 amide bonds. The number of ether oxygens (including phenoxy) is 1. The molecule has 1 aliphatic rings. The Morgan fingerprint density at radius 2 is 1.50 bits per heavy atom. The maximum atomic E-state index is 6.07. The van der Waals surface area contributed by atoms with Gasteiger partial charge in [0.2, 0.25) is 0 Å². The summed E-state index contributed by atoms with van der Waals surface area (Å²) in [5.74, 6) is 0.988. The van der Waals surface area contributed by atoms with Gasteiger partial charge in [0.05, 0.1) is 0 Å². The molecular weight excluding hydrogens is 314 g/mol. The molecule has 0 radical (unpaired) electrons. The standard InChI is InChI=1S/C18H21NOS.ClH/c1-19-13-11-16(12-14-19)20-15-7-9-18(10-8-15)21-17-5-3-2-4-6-17;/h2-10,16H,11-14H2,1H3;1H. The molecule has 118 valence electrons. The van der Waals surface area contributed by atoms with Crippen LogP contribution in [0.1, 0.15) is 12.8 Å². The third-order valence-corrected chi connectivity index (χ3v) is 4.79. The SMILES string of the molecule is CN1CCC(Oc2ccc(Sc3ccccc3)cc2)CC1.Cl. The van der Waals surface area contributed by atoms with Crippen molar-refractivity contribution in [2.75, 3.05) is 20.1 Å². The van der Waals surface area contributed by atoms with E-state index in [0.717, 1.165) is 31.7 Å². The monoisotopic (exact) mass is 335 g/mol. The van der Waals surface area contributed by atoms with Gasteiger partial charge in [0.1, 0.15) is 11.9 Å². The van der Waals surface area contributed by atoms with Crippen LogP contribution in [0.4, 0.5) is 0 Å². The first-order valence-corrected chi connectivity index (χ1v) is 8.29. The first-order chi connectivity index (χ1) is 10.3. The highest BCUT2D eigenvalue weighted by Gasteiger charge is 2.17. The lowest BCUT2D eigenvalue weighted by atomic mass is 10.1. The van der Waals surface area contributed by atoms with Gasteiger partial charge in [0, 0.05) is 22.9 Å². The Morgan fingerprint density at radius 3 is 2.14 bits per heavy atom. The molecule has 2 aromatic rings. The first-order valence-electron chi connectivity index (χ1n) is 7.48. The molecule has 1 heterocycles. The Labute approximate surface area is 143 Å². The van der Waals surface area contributed by atoms with E-state index in [1.54, 1.807) is 11.8 Å². The summed E-state index contributed by atoms with van der Waals surface area (Å²) in [5, 5.41) is 0. The van der Waals surface area contributed by atoms with E-state index in [-0.39, 0.29) is 12.4 Å². The van der Waals surface area contributed by atoms with E-state index in [1.165, 1.54) is 9.79 Å². The summed E-state index contributed by atoms with van der Waals surface area (Å²) in [4.78, 5) is 4.87. The highest BCUT2D eigenvalue weighted by atomic mass is 35.5. The zero-order valence-electron chi connectivity index (χ0n) is 12.8. The number of piperidine rings is 1. The predicted octanol–water partition coefficient (Wildman–Crippen LogP) is 4.73. The fraction of sp³-hybridized carbons (Fsp3) is 0.333. The van der Waals surface area contributed by atoms with Gasteiger partial charge in [-0.15, -0.1) is 12.4 Å². The van der Waals surface area contributed by atoms with Crippen LogP contribution in [-0.4, -0.2) is 31.1 Å². The minimum Gasteiger partial charge on any atom is -0.490 e. The largest absolute Gasteiger partial charge is 0.490 e. The molecule has 0 atom stereocenters. The van der Waals surface area contributed by atoms with E-state index in [9.17, 15) is 0 Å². The third-order valence-electron chi connectivity index (χ3n) is 3.77. The van der Waals surface area contributed by atoms with E-state index < -0.39 is 0 Å². The smallest absolute Gasteiger partial charge is 0.119 e. The number of benzene rings is 2. The summed E-state index contributed by atoms with van der Waals surface area (Å²) in [6, 6.07) is 18.9. The van der Waals surface area contributed by atoms with Crippen molar-refractivity contribution < 1.29 is 4.74 Å². The number of hydrogen-bond donors (Lipinski definition) is 0. The van der Waals surface area contributed by atoms with Gasteiger partial charge in [0.15, 0.2) is 0 Å². The molecule has 0 unspecified atom stereocenters. The lowest BCUT2D eigenvalue weighted by Crippen LogP contribution is -2.35. The lowest BCUT2D eigenvalue weighted by Gasteiger charge is -2.29. The number of halogens is 1. The van der Waals surface area contributed by atoms with Crippen molar-refractivity contribution in [3.8, 4) is 5.75 Å². The van der Waals surface area contributed by atoms with Crippen LogP contribution in [0.25, 0.3) is 0 Å². The second-order valence-electron chi connectivity index (χ2n) is 5.51. The number of hydrogen-bond acceptors (Lipinski definition) is 3. The molecule has 2 nitrogen and oxygen atoms in total. The van der Waals surface area contributed by atoms with Crippen LogP contribution in [0.5, 0.6) is 5.75 Å². The Kier molecular flexibility index (Phi) is 6.62. The normalized spacial score (nSPS) is 16.0. The Morgan fingerprint density at radius 1 is 0.909 bits per heavy atom. The van der Waals surface area contributed by atoms with Crippen molar-refractivity contribution in [2.45, 2.75) is 28.7 Å². The van der Waals surface area contributed by atoms with E-state index in [0.29, 0.717) is 6.10 Å². The molecule has 1 fully saturated rings. The molecule has 4 heteroatoms. The van der Waals surface area contributed by atoms with Crippen molar-refractivity contribution in [1.29, 1.82) is 0 Å². The number of rotatable bonds is 4. The van der Waals surface area contributed by atoms with Crippen molar-refractivity contribution in [3.63, 3.8) is 0 Å². The summed E-state index contributed by atoms with van der Waals surface area (Å²) in [6.45, 7) is 2.26. The van der Waals surface area contributed by atoms with Gasteiger partial charge >= 0.3 is 0 Å². The summed E-state index contributed by atoms with van der Waals surface area (Å²) < 4.78 is 6.07. The summed E-state index contributed by atoms with van der Waals surface area (Å²) in [6.07, 6.45) is 2.61. The maximum absolute atomic E-state index is 6.07. The number of nitrogens with zero attached hydrogens (tertiary/aromatic N) is 1. The highest BCUT2D eigenvalue weighted by molar-refractivity contribution is 7.99. The fourth-order valence-corrected chi connectivity index (χ4v) is 3.34. The van der Waals surface area contributed by atoms with Crippen molar-refractivity contribution in [1.82, 2.24) is 4.90 Å². The molecule has 0 N–H and O–H groups in total. The average molecular weight is 336 g/mol. The Balaban J connectivity index is 0.00000176. The second-order valence-corrected chi connectivity index (χ2v) is 6.65. The van der Waals surface area contributed by atoms with Gasteiger partial charge in [-0.3, -0.25) is 0 Å². The van der Waals surface area contributed by atoms with Crippen LogP contribution in [0.15, 0.2) is 64.4 Å². The van der Waals surface area contributed by atoms with Gasteiger partial charge < -0.3 is 9.64 Å². The molecule has 3 rings (SSSR count). The van der Waals surface area contributed by atoms with Gasteiger partial charge in [-0.2, -0.15) is 0 Å². The molecule has 2 aromatic carbocycles. The van der Waals surface area contributed by atoms with Gasteiger partial charge in [-0.25, -0.2) is 0 Å². The second kappa shape index (κ2) is 8.47. The molecular formula is C18H22ClNOS. The average Bonchev–Trinajstić information content (AvgIpc) is 2.53. The zero-order chi connectivity index (χ0) is 14.5. The minimum atomic E-state index is 0. The van der Waals surface area contributed by atoms with E-state index in [1.807, 2.05) is 6.07 Å². The van der Waals surface area contributed by atoms with Gasteiger partial charge in [0.25, 0.3) is 0 Å². The fourth-order valence-electron chi connectivity index (χ4n) is 2.51. The van der Waals surface area contributed by atoms with Crippen LogP contribution in [0.2, 0.25) is 0 Å². The Bertz CT molecular complexity index is 553. The quantitative estimate of drug-likeness (QED) is 0.801. The van der Waals surface area contributed by atoms with Gasteiger partial charge in [-0.1, -0.05) is 30.0 Å². The third kappa shape index (κ3) is 4.94. The van der Waals surface area contributed by atoms with Crippen LogP contribution >= 0.6 is 24.2 Å². The highest BCUT2D eigenvalue weighted by Crippen LogP contribution is 2.29. The summed E-state index contributed by atoms with van der Waals surface area (Å²) in [5.41, 5.74) is 0. The molecule has 0 bridgehead atoms.